The Morgan fingerprint density at radius 1 is 1.04 bits per heavy atom. The second kappa shape index (κ2) is 9.45. The number of amides is 2. The van der Waals surface area contributed by atoms with Crippen LogP contribution < -0.4 is 10.6 Å². The molecule has 0 radical (unpaired) electrons. The van der Waals surface area contributed by atoms with Gasteiger partial charge in [0.05, 0.1) is 6.04 Å². The first-order valence-electron chi connectivity index (χ1n) is 9.36. The summed E-state index contributed by atoms with van der Waals surface area (Å²) in [4.78, 5) is 24.0. The molecule has 0 heterocycles. The van der Waals surface area contributed by atoms with Gasteiger partial charge in [0.1, 0.15) is 0 Å². The third kappa shape index (κ3) is 5.08. The SMILES string of the molecule is CCCCCNC(=O)C(=O)NC(CC)c1ccc2c(c1)CCCC2. The third-order valence-electron chi connectivity index (χ3n) is 4.76. The van der Waals surface area contributed by atoms with Crippen molar-refractivity contribution in [3.8, 4) is 0 Å². The predicted molar refractivity (Wildman–Crippen MR) is 96.8 cm³/mol. The molecule has 1 aliphatic rings. The topological polar surface area (TPSA) is 58.2 Å². The highest BCUT2D eigenvalue weighted by Gasteiger charge is 2.19. The molecule has 1 unspecified atom stereocenters. The molecular formula is C20H30N2O2. The molecule has 2 amide bonds. The maximum Gasteiger partial charge on any atom is 0.309 e. The van der Waals surface area contributed by atoms with Crippen LogP contribution in [0.2, 0.25) is 0 Å². The van der Waals surface area contributed by atoms with Crippen molar-refractivity contribution < 1.29 is 9.59 Å². The summed E-state index contributed by atoms with van der Waals surface area (Å²) in [7, 11) is 0. The first-order valence-corrected chi connectivity index (χ1v) is 9.36. The Morgan fingerprint density at radius 2 is 1.79 bits per heavy atom. The van der Waals surface area contributed by atoms with E-state index in [1.165, 1.54) is 24.0 Å². The zero-order chi connectivity index (χ0) is 17.4. The van der Waals surface area contributed by atoms with Gasteiger partial charge < -0.3 is 10.6 Å². The molecule has 0 spiro atoms. The lowest BCUT2D eigenvalue weighted by Gasteiger charge is -2.21. The second-order valence-electron chi connectivity index (χ2n) is 6.63. The number of aryl methyl sites for hydroxylation is 2. The highest BCUT2D eigenvalue weighted by Crippen LogP contribution is 2.26. The minimum atomic E-state index is -0.531. The molecule has 0 bridgehead atoms. The normalized spacial score (nSPS) is 14.6. The molecule has 1 aromatic rings. The molecule has 2 N–H and O–H groups in total. The van der Waals surface area contributed by atoms with E-state index in [1.807, 2.05) is 6.92 Å². The lowest BCUT2D eigenvalue weighted by molar-refractivity contribution is -0.139. The van der Waals surface area contributed by atoms with Gasteiger partial charge in [-0.2, -0.15) is 0 Å². The van der Waals surface area contributed by atoms with Crippen LogP contribution in [0.4, 0.5) is 0 Å². The average molecular weight is 330 g/mol. The Morgan fingerprint density at radius 3 is 2.50 bits per heavy atom. The maximum atomic E-state index is 12.1. The molecule has 1 aromatic carbocycles. The van der Waals surface area contributed by atoms with Crippen molar-refractivity contribution in [3.63, 3.8) is 0 Å². The maximum absolute atomic E-state index is 12.1. The van der Waals surface area contributed by atoms with Crippen molar-refractivity contribution >= 4 is 11.8 Å². The molecule has 0 saturated heterocycles. The second-order valence-corrected chi connectivity index (χ2v) is 6.63. The number of carbonyl (C=O) groups is 2. The zero-order valence-electron chi connectivity index (χ0n) is 15.0. The number of benzene rings is 1. The summed E-state index contributed by atoms with van der Waals surface area (Å²) in [6.45, 7) is 4.71. The molecule has 132 valence electrons. The third-order valence-corrected chi connectivity index (χ3v) is 4.76. The Bertz CT molecular complexity index is 569. The van der Waals surface area contributed by atoms with E-state index in [1.54, 1.807) is 0 Å². The van der Waals surface area contributed by atoms with Gasteiger partial charge in [-0.1, -0.05) is 44.9 Å². The molecule has 4 nitrogen and oxygen atoms in total. The van der Waals surface area contributed by atoms with Crippen LogP contribution in [0.15, 0.2) is 18.2 Å². The van der Waals surface area contributed by atoms with Crippen LogP contribution in [0, 0.1) is 0 Å². The van der Waals surface area contributed by atoms with E-state index in [9.17, 15) is 9.59 Å². The largest absolute Gasteiger partial charge is 0.348 e. The Balaban J connectivity index is 1.93. The number of carbonyl (C=O) groups excluding carboxylic acids is 2. The van der Waals surface area contributed by atoms with Crippen molar-refractivity contribution in [2.45, 2.75) is 71.3 Å². The fourth-order valence-electron chi connectivity index (χ4n) is 3.27. The van der Waals surface area contributed by atoms with Crippen LogP contribution in [0.5, 0.6) is 0 Å². The molecule has 24 heavy (non-hydrogen) atoms. The van der Waals surface area contributed by atoms with Gasteiger partial charge in [-0.3, -0.25) is 9.59 Å². The van der Waals surface area contributed by atoms with E-state index < -0.39 is 11.8 Å². The van der Waals surface area contributed by atoms with Gasteiger partial charge in [0, 0.05) is 6.54 Å². The van der Waals surface area contributed by atoms with Crippen molar-refractivity contribution in [2.24, 2.45) is 0 Å². The summed E-state index contributed by atoms with van der Waals surface area (Å²) in [5.74, 6) is -1.06. The number of hydrogen-bond acceptors (Lipinski definition) is 2. The monoisotopic (exact) mass is 330 g/mol. The summed E-state index contributed by atoms with van der Waals surface area (Å²) in [5, 5.41) is 5.58. The predicted octanol–water partition coefficient (Wildman–Crippen LogP) is 3.44. The fraction of sp³-hybridized carbons (Fsp3) is 0.600. The van der Waals surface area contributed by atoms with Gasteiger partial charge >= 0.3 is 11.8 Å². The standard InChI is InChI=1S/C20H30N2O2/c1-3-5-8-13-21-19(23)20(24)22-18(4-2)17-12-11-15-9-6-7-10-16(15)14-17/h11-12,14,18H,3-10,13H2,1-2H3,(H,21,23)(H,22,24). The fourth-order valence-corrected chi connectivity index (χ4v) is 3.27. The van der Waals surface area contributed by atoms with E-state index in [4.69, 9.17) is 0 Å². The molecular weight excluding hydrogens is 300 g/mol. The first-order chi connectivity index (χ1) is 11.7. The molecule has 2 rings (SSSR count). The van der Waals surface area contributed by atoms with Crippen molar-refractivity contribution in [3.05, 3.63) is 34.9 Å². The van der Waals surface area contributed by atoms with Crippen molar-refractivity contribution in [1.82, 2.24) is 10.6 Å². The highest BCUT2D eigenvalue weighted by atomic mass is 16.2. The molecule has 0 saturated carbocycles. The van der Waals surface area contributed by atoms with Gasteiger partial charge in [0.25, 0.3) is 0 Å². The number of hydrogen-bond donors (Lipinski definition) is 2. The summed E-state index contributed by atoms with van der Waals surface area (Å²) < 4.78 is 0. The number of fused-ring (bicyclic) bond motifs is 1. The van der Waals surface area contributed by atoms with Crippen LogP contribution in [-0.2, 0) is 22.4 Å². The Hall–Kier alpha value is -1.84. The minimum Gasteiger partial charge on any atom is -0.348 e. The van der Waals surface area contributed by atoms with Gasteiger partial charge in [0.2, 0.25) is 0 Å². The summed E-state index contributed by atoms with van der Waals surface area (Å²) in [6, 6.07) is 6.38. The van der Waals surface area contributed by atoms with Gasteiger partial charge in [-0.25, -0.2) is 0 Å². The summed E-state index contributed by atoms with van der Waals surface area (Å²) in [5.41, 5.74) is 3.93. The van der Waals surface area contributed by atoms with Gasteiger partial charge in [-0.05, 0) is 55.2 Å². The molecule has 1 aliphatic carbocycles. The first kappa shape index (κ1) is 18.5. The smallest absolute Gasteiger partial charge is 0.309 e. The van der Waals surface area contributed by atoms with Crippen LogP contribution in [0.3, 0.4) is 0 Å². The average Bonchev–Trinajstić information content (AvgIpc) is 2.62. The van der Waals surface area contributed by atoms with Crippen LogP contribution >= 0.6 is 0 Å². The van der Waals surface area contributed by atoms with E-state index in [0.717, 1.165) is 44.1 Å². The lowest BCUT2D eigenvalue weighted by Crippen LogP contribution is -2.41. The molecule has 4 heteroatoms. The van der Waals surface area contributed by atoms with Crippen LogP contribution in [-0.4, -0.2) is 18.4 Å². The Labute approximate surface area is 145 Å². The van der Waals surface area contributed by atoms with E-state index >= 15 is 0 Å². The minimum absolute atomic E-state index is 0.105. The van der Waals surface area contributed by atoms with Gasteiger partial charge in [0.15, 0.2) is 0 Å². The summed E-state index contributed by atoms with van der Waals surface area (Å²) in [6.07, 6.45) is 8.61. The van der Waals surface area contributed by atoms with Crippen LogP contribution in [0.25, 0.3) is 0 Å². The summed E-state index contributed by atoms with van der Waals surface area (Å²) >= 11 is 0. The van der Waals surface area contributed by atoms with Crippen LogP contribution in [0.1, 0.15) is 75.1 Å². The molecule has 0 aliphatic heterocycles. The zero-order valence-corrected chi connectivity index (χ0v) is 15.0. The molecule has 0 fully saturated rings. The van der Waals surface area contributed by atoms with E-state index in [-0.39, 0.29) is 6.04 Å². The van der Waals surface area contributed by atoms with Gasteiger partial charge in [-0.15, -0.1) is 0 Å². The van der Waals surface area contributed by atoms with Crippen molar-refractivity contribution in [2.75, 3.05) is 6.54 Å². The molecule has 1 atom stereocenters. The number of nitrogens with one attached hydrogen (secondary N) is 2. The molecule has 0 aromatic heterocycles. The number of unbranched alkanes of at least 4 members (excludes halogenated alkanes) is 2. The van der Waals surface area contributed by atoms with E-state index in [0.29, 0.717) is 6.54 Å². The lowest BCUT2D eigenvalue weighted by atomic mass is 9.89. The number of rotatable bonds is 7. The Kier molecular flexibility index (Phi) is 7.29. The van der Waals surface area contributed by atoms with Crippen molar-refractivity contribution in [1.29, 1.82) is 0 Å². The van der Waals surface area contributed by atoms with E-state index in [2.05, 4.69) is 35.8 Å². The highest BCUT2D eigenvalue weighted by molar-refractivity contribution is 6.35. The quantitative estimate of drug-likeness (QED) is 0.594.